The van der Waals surface area contributed by atoms with Crippen LogP contribution in [-0.2, 0) is 16.1 Å². The Labute approximate surface area is 185 Å². The van der Waals surface area contributed by atoms with Crippen LogP contribution in [0.15, 0.2) is 47.5 Å². The lowest BCUT2D eigenvalue weighted by atomic mass is 9.96. The topological polar surface area (TPSA) is 97.9 Å². The van der Waals surface area contributed by atoms with Crippen LogP contribution in [0.2, 0.25) is 0 Å². The largest absolute Gasteiger partial charge is 0.497 e. The van der Waals surface area contributed by atoms with Crippen LogP contribution in [0.4, 0.5) is 0 Å². The zero-order valence-electron chi connectivity index (χ0n) is 18.3. The van der Waals surface area contributed by atoms with Crippen LogP contribution in [0.5, 0.6) is 5.75 Å². The van der Waals surface area contributed by atoms with Crippen molar-refractivity contribution < 1.29 is 14.3 Å². The Morgan fingerprint density at radius 3 is 2.69 bits per heavy atom. The number of hydrogen-bond acceptors (Lipinski definition) is 5. The Kier molecular flexibility index (Phi) is 6.25. The van der Waals surface area contributed by atoms with Crippen LogP contribution < -0.4 is 15.6 Å². The molecule has 9 nitrogen and oxygen atoms in total. The molecule has 0 atom stereocenters. The summed E-state index contributed by atoms with van der Waals surface area (Å²) >= 11 is 0. The summed E-state index contributed by atoms with van der Waals surface area (Å²) in [6.45, 7) is 3.50. The highest BCUT2D eigenvalue weighted by molar-refractivity contribution is 5.79. The quantitative estimate of drug-likeness (QED) is 0.631. The number of carbonyl (C=O) groups is 2. The van der Waals surface area contributed by atoms with Crippen molar-refractivity contribution in [2.75, 3.05) is 26.7 Å². The van der Waals surface area contributed by atoms with E-state index < -0.39 is 0 Å². The van der Waals surface area contributed by atoms with E-state index in [9.17, 15) is 14.4 Å². The third kappa shape index (κ3) is 4.51. The van der Waals surface area contributed by atoms with Crippen molar-refractivity contribution in [3.8, 4) is 17.0 Å². The molecule has 3 aromatic rings. The van der Waals surface area contributed by atoms with Gasteiger partial charge in [-0.25, -0.2) is 4.52 Å². The van der Waals surface area contributed by atoms with Crippen molar-refractivity contribution in [2.24, 2.45) is 5.92 Å². The van der Waals surface area contributed by atoms with E-state index in [0.717, 1.165) is 11.3 Å². The van der Waals surface area contributed by atoms with Gasteiger partial charge < -0.3 is 19.5 Å². The van der Waals surface area contributed by atoms with Gasteiger partial charge in [0.05, 0.1) is 12.8 Å². The number of nitrogens with zero attached hydrogens (tertiary/aromatic N) is 4. The third-order valence-corrected chi connectivity index (χ3v) is 5.93. The summed E-state index contributed by atoms with van der Waals surface area (Å²) in [5.41, 5.74) is 1.84. The summed E-state index contributed by atoms with van der Waals surface area (Å²) in [6, 6.07) is 9.28. The first-order valence-corrected chi connectivity index (χ1v) is 10.7. The first kappa shape index (κ1) is 21.6. The Morgan fingerprint density at radius 1 is 1.19 bits per heavy atom. The molecule has 1 aromatic carbocycles. The van der Waals surface area contributed by atoms with E-state index in [1.54, 1.807) is 46.5 Å². The van der Waals surface area contributed by atoms with Crippen molar-refractivity contribution in [1.29, 1.82) is 0 Å². The number of benzene rings is 1. The summed E-state index contributed by atoms with van der Waals surface area (Å²) in [5, 5.41) is 7.42. The van der Waals surface area contributed by atoms with Crippen molar-refractivity contribution >= 4 is 17.3 Å². The number of piperidine rings is 1. The number of fused-ring (bicyclic) bond motifs is 1. The van der Waals surface area contributed by atoms with Gasteiger partial charge in [0.1, 0.15) is 11.3 Å². The van der Waals surface area contributed by atoms with Gasteiger partial charge in [0, 0.05) is 57.0 Å². The summed E-state index contributed by atoms with van der Waals surface area (Å²) in [4.78, 5) is 38.5. The number of amides is 2. The maximum atomic E-state index is 12.9. The Hall–Kier alpha value is -3.62. The van der Waals surface area contributed by atoms with E-state index in [-0.39, 0.29) is 23.3 Å². The van der Waals surface area contributed by atoms with Crippen LogP contribution in [0.3, 0.4) is 0 Å². The average molecular weight is 438 g/mol. The standard InChI is InChI=1S/C23H27N5O4/c1-16(29)26-9-6-17(7-10-26)22(30)24-8-11-27-12-13-28-21(23(27)31)15-20(25-28)18-4-3-5-19(14-18)32-2/h3-5,12-15,17H,6-11H2,1-2H3,(H,24,30). The Balaban J connectivity index is 1.40. The molecule has 1 aliphatic heterocycles. The van der Waals surface area contributed by atoms with Crippen LogP contribution in [0.25, 0.3) is 16.8 Å². The second kappa shape index (κ2) is 9.25. The summed E-state index contributed by atoms with van der Waals surface area (Å²) in [6.07, 6.45) is 4.75. The van der Waals surface area contributed by atoms with E-state index in [1.165, 1.54) is 0 Å². The minimum Gasteiger partial charge on any atom is -0.497 e. The van der Waals surface area contributed by atoms with Gasteiger partial charge in [-0.1, -0.05) is 12.1 Å². The van der Waals surface area contributed by atoms with Gasteiger partial charge in [-0.15, -0.1) is 0 Å². The number of nitrogens with one attached hydrogen (secondary N) is 1. The molecular formula is C23H27N5O4. The molecule has 0 radical (unpaired) electrons. The monoisotopic (exact) mass is 437 g/mol. The first-order valence-electron chi connectivity index (χ1n) is 10.7. The van der Waals surface area contributed by atoms with Gasteiger partial charge in [-0.05, 0) is 31.0 Å². The highest BCUT2D eigenvalue weighted by Gasteiger charge is 2.25. The summed E-state index contributed by atoms with van der Waals surface area (Å²) < 4.78 is 8.40. The first-order chi connectivity index (χ1) is 15.5. The number of hydrogen-bond donors (Lipinski definition) is 1. The van der Waals surface area contributed by atoms with E-state index in [1.807, 2.05) is 24.3 Å². The molecule has 0 saturated carbocycles. The van der Waals surface area contributed by atoms with Crippen molar-refractivity contribution in [3.63, 3.8) is 0 Å². The molecule has 9 heteroatoms. The number of rotatable bonds is 6. The van der Waals surface area contributed by atoms with Gasteiger partial charge in [0.2, 0.25) is 11.8 Å². The van der Waals surface area contributed by atoms with Crippen molar-refractivity contribution in [3.05, 3.63) is 53.1 Å². The van der Waals surface area contributed by atoms with Crippen molar-refractivity contribution in [2.45, 2.75) is 26.3 Å². The number of likely N-dealkylation sites (tertiary alicyclic amines) is 1. The second-order valence-electron chi connectivity index (χ2n) is 7.96. The number of aromatic nitrogens is 3. The van der Waals surface area contributed by atoms with Gasteiger partial charge in [-0.3, -0.25) is 14.4 Å². The highest BCUT2D eigenvalue weighted by Crippen LogP contribution is 2.23. The Bertz CT molecular complexity index is 1190. The minimum absolute atomic E-state index is 0.0213. The van der Waals surface area contributed by atoms with Gasteiger partial charge in [0.25, 0.3) is 5.56 Å². The second-order valence-corrected chi connectivity index (χ2v) is 7.96. The zero-order valence-corrected chi connectivity index (χ0v) is 18.3. The third-order valence-electron chi connectivity index (χ3n) is 5.93. The number of methoxy groups -OCH3 is 1. The number of ether oxygens (including phenoxy) is 1. The Morgan fingerprint density at radius 2 is 1.97 bits per heavy atom. The van der Waals surface area contributed by atoms with E-state index in [4.69, 9.17) is 4.74 Å². The molecule has 0 spiro atoms. The van der Waals surface area contributed by atoms with Gasteiger partial charge >= 0.3 is 0 Å². The lowest BCUT2D eigenvalue weighted by Gasteiger charge is -2.30. The molecule has 168 valence electrons. The lowest BCUT2D eigenvalue weighted by Crippen LogP contribution is -2.43. The highest BCUT2D eigenvalue weighted by atomic mass is 16.5. The molecule has 1 aliphatic rings. The summed E-state index contributed by atoms with van der Waals surface area (Å²) in [5.74, 6) is 0.657. The molecule has 0 aliphatic carbocycles. The molecule has 3 heterocycles. The van der Waals surface area contributed by atoms with Crippen LogP contribution >= 0.6 is 0 Å². The van der Waals surface area contributed by atoms with Gasteiger partial charge in [0.15, 0.2) is 0 Å². The smallest absolute Gasteiger partial charge is 0.276 e. The average Bonchev–Trinajstić information content (AvgIpc) is 3.26. The predicted molar refractivity (Wildman–Crippen MR) is 119 cm³/mol. The van der Waals surface area contributed by atoms with Crippen LogP contribution in [0.1, 0.15) is 19.8 Å². The maximum Gasteiger partial charge on any atom is 0.276 e. The predicted octanol–water partition coefficient (Wildman–Crippen LogP) is 1.55. The van der Waals surface area contributed by atoms with Crippen LogP contribution in [-0.4, -0.2) is 57.6 Å². The van der Waals surface area contributed by atoms with E-state index in [0.29, 0.717) is 50.2 Å². The fourth-order valence-electron chi connectivity index (χ4n) is 4.03. The molecule has 1 saturated heterocycles. The minimum atomic E-state index is -0.168. The maximum absolute atomic E-state index is 12.9. The molecule has 2 amide bonds. The normalized spacial score (nSPS) is 14.5. The molecule has 2 aromatic heterocycles. The summed E-state index contributed by atoms with van der Waals surface area (Å²) in [7, 11) is 1.61. The fraction of sp³-hybridized carbons (Fsp3) is 0.391. The molecule has 0 bridgehead atoms. The molecular weight excluding hydrogens is 410 g/mol. The van der Waals surface area contributed by atoms with E-state index in [2.05, 4.69) is 10.4 Å². The number of carbonyl (C=O) groups excluding carboxylic acids is 2. The molecule has 32 heavy (non-hydrogen) atoms. The molecule has 1 fully saturated rings. The van der Waals surface area contributed by atoms with Gasteiger partial charge in [-0.2, -0.15) is 5.10 Å². The molecule has 0 unspecified atom stereocenters. The SMILES string of the molecule is COc1cccc(-c2cc3c(=O)n(CCNC(=O)C4CCN(C(C)=O)CC4)ccn3n2)c1. The van der Waals surface area contributed by atoms with E-state index >= 15 is 0 Å². The molecule has 1 N–H and O–H groups in total. The van der Waals surface area contributed by atoms with Crippen molar-refractivity contribution in [1.82, 2.24) is 24.4 Å². The van der Waals surface area contributed by atoms with Crippen LogP contribution in [0, 0.1) is 5.92 Å². The molecule has 4 rings (SSSR count). The zero-order chi connectivity index (χ0) is 22.7. The fourth-order valence-corrected chi connectivity index (χ4v) is 4.03. The lowest BCUT2D eigenvalue weighted by molar-refractivity contribution is -0.133.